The minimum atomic E-state index is -0.422. The average Bonchev–Trinajstić information content (AvgIpc) is 2.28. The number of aromatic nitrogens is 3. The maximum atomic E-state index is 11.8. The lowest BCUT2D eigenvalue weighted by Gasteiger charge is -2.02. The lowest BCUT2D eigenvalue weighted by Crippen LogP contribution is -2.32. The van der Waals surface area contributed by atoms with Crippen LogP contribution in [0.25, 0.3) is 11.1 Å². The van der Waals surface area contributed by atoms with Crippen molar-refractivity contribution >= 4 is 0 Å². The first-order valence-electron chi connectivity index (χ1n) is 4.81. The third-order valence-electron chi connectivity index (χ3n) is 2.40. The highest BCUT2D eigenvalue weighted by molar-refractivity contribution is 5.60. The average molecular weight is 217 g/mol. The molecular weight excluding hydrogens is 206 g/mol. The molecule has 0 aromatic carbocycles. The van der Waals surface area contributed by atoms with Crippen LogP contribution in [0.15, 0.2) is 34.1 Å². The molecule has 0 aliphatic rings. The number of aryl methyl sites for hydroxylation is 1. The van der Waals surface area contributed by atoms with Crippen molar-refractivity contribution in [1.29, 1.82) is 0 Å². The number of pyridine rings is 1. The van der Waals surface area contributed by atoms with Gasteiger partial charge in [0.1, 0.15) is 0 Å². The molecule has 0 fully saturated rings. The number of hydrogen-bond acceptors (Lipinski definition) is 3. The SMILES string of the molecule is Cc1ccc(-c2c[nH]c(=O)n(C)c2=O)cn1. The van der Waals surface area contributed by atoms with Crippen molar-refractivity contribution in [2.45, 2.75) is 6.92 Å². The minimum absolute atomic E-state index is 0.325. The van der Waals surface area contributed by atoms with Gasteiger partial charge in [0.15, 0.2) is 0 Å². The molecule has 0 spiro atoms. The lowest BCUT2D eigenvalue weighted by atomic mass is 10.1. The molecule has 0 unspecified atom stereocenters. The van der Waals surface area contributed by atoms with Crippen LogP contribution in [0.3, 0.4) is 0 Å². The molecule has 2 heterocycles. The highest BCUT2D eigenvalue weighted by Crippen LogP contribution is 2.11. The van der Waals surface area contributed by atoms with Crippen molar-refractivity contribution in [3.63, 3.8) is 0 Å². The molecule has 82 valence electrons. The molecule has 0 aliphatic heterocycles. The van der Waals surface area contributed by atoms with Gasteiger partial charge in [-0.1, -0.05) is 6.07 Å². The van der Waals surface area contributed by atoms with Crippen LogP contribution in [-0.4, -0.2) is 14.5 Å². The summed E-state index contributed by atoms with van der Waals surface area (Å²) in [6.07, 6.45) is 3.03. The van der Waals surface area contributed by atoms with Gasteiger partial charge >= 0.3 is 5.69 Å². The molecule has 2 rings (SSSR count). The normalized spacial score (nSPS) is 10.4. The van der Waals surface area contributed by atoms with E-state index in [0.29, 0.717) is 11.1 Å². The van der Waals surface area contributed by atoms with E-state index in [1.165, 1.54) is 13.2 Å². The van der Waals surface area contributed by atoms with E-state index in [4.69, 9.17) is 0 Å². The molecule has 0 aliphatic carbocycles. The van der Waals surface area contributed by atoms with Gasteiger partial charge in [0.25, 0.3) is 5.56 Å². The van der Waals surface area contributed by atoms with E-state index >= 15 is 0 Å². The quantitative estimate of drug-likeness (QED) is 0.753. The Kier molecular flexibility index (Phi) is 2.44. The monoisotopic (exact) mass is 217 g/mol. The number of nitrogens with one attached hydrogen (secondary N) is 1. The molecule has 0 amide bonds. The summed E-state index contributed by atoms with van der Waals surface area (Å²) in [5, 5.41) is 0. The Morgan fingerprint density at radius 1 is 1.31 bits per heavy atom. The Morgan fingerprint density at radius 3 is 2.69 bits per heavy atom. The molecule has 0 bridgehead atoms. The van der Waals surface area contributed by atoms with Crippen LogP contribution in [0.4, 0.5) is 0 Å². The zero-order valence-electron chi connectivity index (χ0n) is 9.02. The van der Waals surface area contributed by atoms with E-state index in [0.717, 1.165) is 10.3 Å². The number of H-pyrrole nitrogens is 1. The second-order valence-electron chi connectivity index (χ2n) is 3.56. The van der Waals surface area contributed by atoms with Crippen LogP contribution in [0.1, 0.15) is 5.69 Å². The second kappa shape index (κ2) is 3.77. The predicted octanol–water partition coefficient (Wildman–Crippen LogP) is 0.444. The smallest absolute Gasteiger partial charge is 0.313 e. The third-order valence-corrected chi connectivity index (χ3v) is 2.40. The number of hydrogen-bond donors (Lipinski definition) is 1. The van der Waals surface area contributed by atoms with Crippen LogP contribution in [0.5, 0.6) is 0 Å². The van der Waals surface area contributed by atoms with Gasteiger partial charge in [-0.05, 0) is 13.0 Å². The van der Waals surface area contributed by atoms with Gasteiger partial charge in [-0.25, -0.2) is 4.79 Å². The van der Waals surface area contributed by atoms with Gasteiger partial charge in [-0.2, -0.15) is 0 Å². The van der Waals surface area contributed by atoms with E-state index in [1.807, 2.05) is 13.0 Å². The van der Waals surface area contributed by atoms with Crippen LogP contribution in [0, 0.1) is 6.92 Å². The third kappa shape index (κ3) is 1.67. The van der Waals surface area contributed by atoms with E-state index < -0.39 is 5.69 Å². The Morgan fingerprint density at radius 2 is 2.06 bits per heavy atom. The predicted molar refractivity (Wildman–Crippen MR) is 60.3 cm³/mol. The lowest BCUT2D eigenvalue weighted by molar-refractivity contribution is 0.778. The van der Waals surface area contributed by atoms with E-state index in [-0.39, 0.29) is 5.56 Å². The molecule has 2 aromatic rings. The van der Waals surface area contributed by atoms with E-state index in [2.05, 4.69) is 9.97 Å². The van der Waals surface area contributed by atoms with Crippen molar-refractivity contribution in [1.82, 2.24) is 14.5 Å². The number of nitrogens with zero attached hydrogens (tertiary/aromatic N) is 2. The fraction of sp³-hybridized carbons (Fsp3) is 0.182. The highest BCUT2D eigenvalue weighted by Gasteiger charge is 2.06. The van der Waals surface area contributed by atoms with Crippen LogP contribution >= 0.6 is 0 Å². The Bertz CT molecular complexity index is 623. The van der Waals surface area contributed by atoms with Crippen LogP contribution < -0.4 is 11.2 Å². The molecule has 16 heavy (non-hydrogen) atoms. The summed E-state index contributed by atoms with van der Waals surface area (Å²) in [7, 11) is 1.44. The first-order valence-corrected chi connectivity index (χ1v) is 4.81. The summed E-state index contributed by atoms with van der Waals surface area (Å²) in [5.74, 6) is 0. The topological polar surface area (TPSA) is 67.8 Å². The van der Waals surface area contributed by atoms with Gasteiger partial charge < -0.3 is 4.98 Å². The Labute approximate surface area is 91.4 Å². The number of rotatable bonds is 1. The maximum Gasteiger partial charge on any atom is 0.328 e. The first kappa shape index (κ1) is 10.4. The molecule has 2 aromatic heterocycles. The van der Waals surface area contributed by atoms with Gasteiger partial charge in [-0.15, -0.1) is 0 Å². The highest BCUT2D eigenvalue weighted by atomic mass is 16.2. The first-order chi connectivity index (χ1) is 7.59. The molecule has 5 heteroatoms. The molecule has 5 nitrogen and oxygen atoms in total. The van der Waals surface area contributed by atoms with Gasteiger partial charge in [-0.3, -0.25) is 14.3 Å². The Balaban J connectivity index is 2.66. The van der Waals surface area contributed by atoms with Crippen molar-refractivity contribution in [3.8, 4) is 11.1 Å². The number of aromatic amines is 1. The molecule has 0 radical (unpaired) electrons. The van der Waals surface area contributed by atoms with Crippen molar-refractivity contribution in [2.75, 3.05) is 0 Å². The van der Waals surface area contributed by atoms with Crippen molar-refractivity contribution in [2.24, 2.45) is 7.05 Å². The zero-order chi connectivity index (χ0) is 11.7. The molecule has 0 atom stereocenters. The van der Waals surface area contributed by atoms with Gasteiger partial charge in [0, 0.05) is 30.7 Å². The van der Waals surface area contributed by atoms with E-state index in [9.17, 15) is 9.59 Å². The van der Waals surface area contributed by atoms with E-state index in [1.54, 1.807) is 12.3 Å². The molecule has 1 N–H and O–H groups in total. The summed E-state index contributed by atoms with van der Waals surface area (Å²) < 4.78 is 1.04. The Hall–Kier alpha value is -2.17. The van der Waals surface area contributed by atoms with Crippen LogP contribution in [-0.2, 0) is 7.05 Å². The summed E-state index contributed by atoms with van der Waals surface area (Å²) >= 11 is 0. The standard InChI is InChI=1S/C11H11N3O2/c1-7-3-4-8(5-12-7)9-6-13-11(16)14(2)10(9)15/h3-6H,1-2H3,(H,13,16). The minimum Gasteiger partial charge on any atom is -0.313 e. The maximum absolute atomic E-state index is 11.8. The molecular formula is C11H11N3O2. The fourth-order valence-electron chi connectivity index (χ4n) is 1.40. The summed E-state index contributed by atoms with van der Waals surface area (Å²) in [4.78, 5) is 29.6. The molecule has 0 saturated heterocycles. The summed E-state index contributed by atoms with van der Waals surface area (Å²) in [6, 6.07) is 3.62. The van der Waals surface area contributed by atoms with Crippen molar-refractivity contribution < 1.29 is 0 Å². The van der Waals surface area contributed by atoms with Crippen LogP contribution in [0.2, 0.25) is 0 Å². The summed E-state index contributed by atoms with van der Waals surface area (Å²) in [5.41, 5.74) is 1.27. The molecule has 0 saturated carbocycles. The zero-order valence-corrected chi connectivity index (χ0v) is 9.02. The largest absolute Gasteiger partial charge is 0.328 e. The van der Waals surface area contributed by atoms with Gasteiger partial charge in [0.2, 0.25) is 0 Å². The summed E-state index contributed by atoms with van der Waals surface area (Å²) in [6.45, 7) is 1.87. The second-order valence-corrected chi connectivity index (χ2v) is 3.56. The van der Waals surface area contributed by atoms with Gasteiger partial charge in [0.05, 0.1) is 5.56 Å². The van der Waals surface area contributed by atoms with Crippen molar-refractivity contribution in [3.05, 3.63) is 51.1 Å². The fourth-order valence-corrected chi connectivity index (χ4v) is 1.40.